The molecule has 2 N–H and O–H groups in total. The van der Waals surface area contributed by atoms with Gasteiger partial charge < -0.3 is 15.4 Å². The summed E-state index contributed by atoms with van der Waals surface area (Å²) in [5.41, 5.74) is -0.418. The molecule has 0 radical (unpaired) electrons. The van der Waals surface area contributed by atoms with Crippen LogP contribution in [0.3, 0.4) is 0 Å². The number of alkyl carbamates (subject to hydrolysis) is 1. The van der Waals surface area contributed by atoms with Crippen LogP contribution in [0.25, 0.3) is 0 Å². The van der Waals surface area contributed by atoms with Gasteiger partial charge in [0.25, 0.3) is 0 Å². The van der Waals surface area contributed by atoms with E-state index in [1.165, 1.54) is 0 Å². The first-order valence-corrected chi connectivity index (χ1v) is 5.46. The van der Waals surface area contributed by atoms with Crippen molar-refractivity contribution in [1.82, 2.24) is 10.6 Å². The van der Waals surface area contributed by atoms with Crippen molar-refractivity contribution >= 4 is 6.09 Å². The van der Waals surface area contributed by atoms with Crippen LogP contribution < -0.4 is 10.6 Å². The summed E-state index contributed by atoms with van der Waals surface area (Å²) in [7, 11) is 1.92. The van der Waals surface area contributed by atoms with Crippen molar-refractivity contribution < 1.29 is 9.53 Å². The van der Waals surface area contributed by atoms with Gasteiger partial charge in [0.2, 0.25) is 0 Å². The molecule has 0 aliphatic carbocycles. The lowest BCUT2D eigenvalue weighted by atomic mass is 10.1. The standard InChI is InChI=1S/C11H24N2O2/c1-9(6-7-12-5)8-13-10(14)15-11(2,3)4/h9,12H,6-8H2,1-5H3,(H,13,14)/t9-/m1/s1. The zero-order valence-corrected chi connectivity index (χ0v) is 10.5. The summed E-state index contributed by atoms with van der Waals surface area (Å²) in [6.45, 7) is 9.31. The van der Waals surface area contributed by atoms with Crippen molar-refractivity contribution in [3.8, 4) is 0 Å². The Bertz CT molecular complexity index is 188. The van der Waals surface area contributed by atoms with Crippen molar-refractivity contribution in [2.45, 2.75) is 39.7 Å². The lowest BCUT2D eigenvalue weighted by molar-refractivity contribution is 0.0520. The van der Waals surface area contributed by atoms with Crippen LogP contribution in [0.4, 0.5) is 4.79 Å². The van der Waals surface area contributed by atoms with E-state index in [1.54, 1.807) is 0 Å². The highest BCUT2D eigenvalue weighted by Crippen LogP contribution is 2.06. The van der Waals surface area contributed by atoms with Crippen molar-refractivity contribution in [1.29, 1.82) is 0 Å². The van der Waals surface area contributed by atoms with Crippen LogP contribution in [0.1, 0.15) is 34.1 Å². The number of rotatable bonds is 5. The van der Waals surface area contributed by atoms with Gasteiger partial charge in [-0.25, -0.2) is 4.79 Å². The fourth-order valence-electron chi connectivity index (χ4n) is 1.06. The van der Waals surface area contributed by atoms with E-state index in [4.69, 9.17) is 4.74 Å². The Morgan fingerprint density at radius 3 is 2.47 bits per heavy atom. The maximum absolute atomic E-state index is 11.3. The van der Waals surface area contributed by atoms with E-state index in [1.807, 2.05) is 27.8 Å². The molecule has 15 heavy (non-hydrogen) atoms. The van der Waals surface area contributed by atoms with Crippen molar-refractivity contribution in [2.75, 3.05) is 20.1 Å². The highest BCUT2D eigenvalue weighted by Gasteiger charge is 2.16. The molecule has 4 heteroatoms. The van der Waals surface area contributed by atoms with E-state index in [0.29, 0.717) is 12.5 Å². The Hall–Kier alpha value is -0.770. The van der Waals surface area contributed by atoms with E-state index in [9.17, 15) is 4.79 Å². The zero-order valence-electron chi connectivity index (χ0n) is 10.5. The smallest absolute Gasteiger partial charge is 0.407 e. The van der Waals surface area contributed by atoms with Gasteiger partial charge in [-0.15, -0.1) is 0 Å². The predicted molar refractivity (Wildman–Crippen MR) is 61.9 cm³/mol. The van der Waals surface area contributed by atoms with Crippen molar-refractivity contribution in [3.63, 3.8) is 0 Å². The molecule has 90 valence electrons. The minimum atomic E-state index is -0.418. The number of amides is 1. The summed E-state index contributed by atoms with van der Waals surface area (Å²) in [5.74, 6) is 0.463. The third-order valence-corrected chi connectivity index (χ3v) is 1.88. The maximum Gasteiger partial charge on any atom is 0.407 e. The molecule has 0 unspecified atom stereocenters. The molecule has 0 fully saturated rings. The minimum Gasteiger partial charge on any atom is -0.444 e. The van der Waals surface area contributed by atoms with Crippen LogP contribution in [0, 0.1) is 5.92 Å². The molecule has 0 aliphatic heterocycles. The second kappa shape index (κ2) is 6.67. The summed E-state index contributed by atoms with van der Waals surface area (Å²) in [5, 5.41) is 5.84. The molecular formula is C11H24N2O2. The molecule has 4 nitrogen and oxygen atoms in total. The molecular weight excluding hydrogens is 192 g/mol. The van der Waals surface area contributed by atoms with E-state index in [2.05, 4.69) is 17.6 Å². The highest BCUT2D eigenvalue weighted by molar-refractivity contribution is 5.67. The quantitative estimate of drug-likeness (QED) is 0.736. The zero-order chi connectivity index (χ0) is 11.9. The number of carbonyl (C=O) groups is 1. The highest BCUT2D eigenvalue weighted by atomic mass is 16.6. The number of nitrogens with one attached hydrogen (secondary N) is 2. The average molecular weight is 216 g/mol. The van der Waals surface area contributed by atoms with Gasteiger partial charge in [-0.2, -0.15) is 0 Å². The SMILES string of the molecule is CNCC[C@@H](C)CNC(=O)OC(C)(C)C. The summed E-state index contributed by atoms with van der Waals surface area (Å²) in [4.78, 5) is 11.3. The van der Waals surface area contributed by atoms with Crippen molar-refractivity contribution in [3.05, 3.63) is 0 Å². The molecule has 0 aromatic heterocycles. The van der Waals surface area contributed by atoms with Gasteiger partial charge in [0, 0.05) is 6.54 Å². The lowest BCUT2D eigenvalue weighted by Crippen LogP contribution is -2.35. The largest absolute Gasteiger partial charge is 0.444 e. The summed E-state index contributed by atoms with van der Waals surface area (Å²) >= 11 is 0. The fourth-order valence-corrected chi connectivity index (χ4v) is 1.06. The Labute approximate surface area is 92.8 Å². The first kappa shape index (κ1) is 14.2. The Morgan fingerprint density at radius 1 is 1.40 bits per heavy atom. The summed E-state index contributed by atoms with van der Waals surface area (Å²) in [6, 6.07) is 0. The van der Waals surface area contributed by atoms with E-state index >= 15 is 0 Å². The Kier molecular flexibility index (Phi) is 6.32. The van der Waals surface area contributed by atoms with Gasteiger partial charge >= 0.3 is 6.09 Å². The lowest BCUT2D eigenvalue weighted by Gasteiger charge is -2.20. The summed E-state index contributed by atoms with van der Waals surface area (Å²) in [6.07, 6.45) is 0.713. The molecule has 1 amide bonds. The normalized spacial score (nSPS) is 13.4. The predicted octanol–water partition coefficient (Wildman–Crippen LogP) is 1.76. The molecule has 0 rings (SSSR count). The van der Waals surface area contributed by atoms with Crippen LogP contribution in [-0.2, 0) is 4.74 Å². The average Bonchev–Trinajstić information content (AvgIpc) is 2.08. The molecule has 0 spiro atoms. The summed E-state index contributed by atoms with van der Waals surface area (Å²) < 4.78 is 5.13. The van der Waals surface area contributed by atoms with Crippen LogP contribution in [0.15, 0.2) is 0 Å². The third kappa shape index (κ3) is 9.53. The molecule has 1 atom stereocenters. The molecule has 0 aromatic rings. The molecule has 0 aromatic carbocycles. The van der Waals surface area contributed by atoms with Gasteiger partial charge in [0.15, 0.2) is 0 Å². The molecule has 0 saturated heterocycles. The third-order valence-electron chi connectivity index (χ3n) is 1.88. The van der Waals surface area contributed by atoms with Crippen LogP contribution >= 0.6 is 0 Å². The van der Waals surface area contributed by atoms with Gasteiger partial charge in [-0.05, 0) is 46.7 Å². The fraction of sp³-hybridized carbons (Fsp3) is 0.909. The Balaban J connectivity index is 3.62. The van der Waals surface area contributed by atoms with Gasteiger partial charge in [-0.3, -0.25) is 0 Å². The minimum absolute atomic E-state index is 0.334. The molecule has 0 aliphatic rings. The molecule has 0 heterocycles. The number of ether oxygens (including phenoxy) is 1. The van der Waals surface area contributed by atoms with Gasteiger partial charge in [-0.1, -0.05) is 6.92 Å². The first-order chi connectivity index (χ1) is 6.85. The Morgan fingerprint density at radius 2 is 2.00 bits per heavy atom. The monoisotopic (exact) mass is 216 g/mol. The van der Waals surface area contributed by atoms with E-state index < -0.39 is 5.60 Å². The number of hydrogen-bond acceptors (Lipinski definition) is 3. The maximum atomic E-state index is 11.3. The first-order valence-electron chi connectivity index (χ1n) is 5.46. The van der Waals surface area contributed by atoms with Crippen LogP contribution in [0.2, 0.25) is 0 Å². The topological polar surface area (TPSA) is 50.4 Å². The molecule has 0 bridgehead atoms. The van der Waals surface area contributed by atoms with Crippen LogP contribution in [0.5, 0.6) is 0 Å². The van der Waals surface area contributed by atoms with Crippen LogP contribution in [-0.4, -0.2) is 31.8 Å². The number of carbonyl (C=O) groups excluding carboxylic acids is 1. The van der Waals surface area contributed by atoms with Gasteiger partial charge in [0.1, 0.15) is 5.60 Å². The van der Waals surface area contributed by atoms with E-state index in [0.717, 1.165) is 13.0 Å². The number of hydrogen-bond donors (Lipinski definition) is 2. The van der Waals surface area contributed by atoms with E-state index in [-0.39, 0.29) is 6.09 Å². The second-order valence-corrected chi connectivity index (χ2v) is 4.88. The van der Waals surface area contributed by atoms with Gasteiger partial charge in [0.05, 0.1) is 0 Å². The second-order valence-electron chi connectivity index (χ2n) is 4.88. The molecule has 0 saturated carbocycles. The van der Waals surface area contributed by atoms with Crippen molar-refractivity contribution in [2.24, 2.45) is 5.92 Å².